The summed E-state index contributed by atoms with van der Waals surface area (Å²) in [5.41, 5.74) is 39.0. The minimum absolute atomic E-state index is 0.0981. The first-order valence-electron chi connectivity index (χ1n) is 35.7. The molecule has 0 atom stereocenters. The number of benzene rings is 12. The highest BCUT2D eigenvalue weighted by Crippen LogP contribution is 2.66. The van der Waals surface area contributed by atoms with Gasteiger partial charge in [-0.15, -0.1) is 0 Å². The lowest BCUT2D eigenvalue weighted by molar-refractivity contribution is 0.490. The zero-order valence-electron chi connectivity index (χ0n) is 56.3. The van der Waals surface area contributed by atoms with Gasteiger partial charge < -0.3 is 9.80 Å². The predicted octanol–water partition coefficient (Wildman–Crippen LogP) is 25.3. The summed E-state index contributed by atoms with van der Waals surface area (Å²) >= 11 is 0. The van der Waals surface area contributed by atoms with Gasteiger partial charge in [-0.05, 0) is 258 Å². The number of rotatable bonds is 14. The van der Waals surface area contributed by atoms with E-state index in [1.165, 1.54) is 156 Å². The molecule has 0 radical (unpaired) electrons. The first kappa shape index (κ1) is 57.9. The highest BCUT2D eigenvalue weighted by molar-refractivity contribution is 5.99. The summed E-state index contributed by atoms with van der Waals surface area (Å²) < 4.78 is 0. The van der Waals surface area contributed by atoms with Gasteiger partial charge in [0.25, 0.3) is 0 Å². The van der Waals surface area contributed by atoms with Crippen molar-refractivity contribution in [2.75, 3.05) is 9.80 Å². The van der Waals surface area contributed by atoms with Crippen LogP contribution in [-0.2, 0) is 27.1 Å². The number of hydrogen-bond donors (Lipinski definition) is 0. The van der Waals surface area contributed by atoms with E-state index in [-0.39, 0.29) is 21.7 Å². The summed E-state index contributed by atoms with van der Waals surface area (Å²) in [7, 11) is 0. The molecule has 2 nitrogen and oxygen atoms in total. The molecule has 6 aliphatic rings. The average Bonchev–Trinajstić information content (AvgIpc) is 1.51. The highest BCUT2D eigenvalue weighted by atomic mass is 15.2. The van der Waals surface area contributed by atoms with Gasteiger partial charge in [-0.1, -0.05) is 237 Å². The van der Waals surface area contributed by atoms with Gasteiger partial charge in [0.15, 0.2) is 0 Å². The Balaban J connectivity index is 0.879. The van der Waals surface area contributed by atoms with Crippen LogP contribution in [0.5, 0.6) is 0 Å². The van der Waals surface area contributed by atoms with Crippen LogP contribution < -0.4 is 9.80 Å². The maximum absolute atomic E-state index is 2.63. The first-order chi connectivity index (χ1) is 46.6. The van der Waals surface area contributed by atoms with E-state index in [0.29, 0.717) is 0 Å². The Kier molecular flexibility index (Phi) is 12.9. The highest BCUT2D eigenvalue weighted by Gasteiger charge is 2.53. The second-order valence-electron chi connectivity index (χ2n) is 28.2. The van der Waals surface area contributed by atoms with Crippen LogP contribution >= 0.6 is 0 Å². The van der Waals surface area contributed by atoms with Gasteiger partial charge in [0.1, 0.15) is 0 Å². The zero-order valence-corrected chi connectivity index (χ0v) is 56.3. The maximum atomic E-state index is 2.63. The van der Waals surface area contributed by atoms with Crippen molar-refractivity contribution in [2.24, 2.45) is 0 Å². The molecule has 464 valence electrons. The zero-order chi connectivity index (χ0) is 64.3. The van der Waals surface area contributed by atoms with Crippen molar-refractivity contribution >= 4 is 34.1 Å². The minimum Gasteiger partial charge on any atom is -0.310 e. The third kappa shape index (κ3) is 7.36. The molecule has 0 amide bonds. The van der Waals surface area contributed by atoms with Crippen molar-refractivity contribution in [1.29, 1.82) is 0 Å². The quantitative estimate of drug-likeness (QED) is 0.107. The standard InChI is InChI=1S/C93H82N2/c1-9-89(10-2)77-35-23-17-29-65(77)71-47-41-59(53-83(71)89)94(60-42-48-72-66-30-18-24-36-78(66)90(11-3,12-4)84(72)54-60)63-45-51-75-76-52-46-64(58-88(76)93(87(75)57-63)81-39-27-21-33-69(81)70-34-22-28-40-82(70)93)95(61-43-49-73-67-31-19-25-37-79(67)91(13-5,14-6)85(73)55-61)62-44-50-74-68-32-20-26-38-80(68)92(15-7,16-8)86(74)56-62/h17-58H,9-16H2,1-8H3. The van der Waals surface area contributed by atoms with Gasteiger partial charge in [0.05, 0.1) is 5.41 Å². The molecule has 12 aromatic carbocycles. The lowest BCUT2D eigenvalue weighted by Gasteiger charge is -2.35. The Hall–Kier alpha value is -9.76. The van der Waals surface area contributed by atoms with Crippen LogP contribution in [-0.4, -0.2) is 0 Å². The van der Waals surface area contributed by atoms with E-state index in [4.69, 9.17) is 0 Å². The smallest absolute Gasteiger partial charge is 0.0727 e. The van der Waals surface area contributed by atoms with Crippen LogP contribution in [0, 0.1) is 0 Å². The number of anilines is 6. The van der Waals surface area contributed by atoms with E-state index in [1.807, 2.05) is 0 Å². The molecule has 6 aliphatic carbocycles. The maximum Gasteiger partial charge on any atom is 0.0727 e. The van der Waals surface area contributed by atoms with Gasteiger partial charge in [-0.2, -0.15) is 0 Å². The molecular weight excluding hydrogens is 1150 g/mol. The van der Waals surface area contributed by atoms with E-state index in [0.717, 1.165) is 62.7 Å². The third-order valence-corrected chi connectivity index (χ3v) is 25.4. The molecule has 95 heavy (non-hydrogen) atoms. The fraction of sp³-hybridized carbons (Fsp3) is 0.226. The SMILES string of the molecule is CCC1(CC)c2ccccc2-c2ccc(N(c3ccc4c(c3)C(CC)(CC)c3ccccc3-4)c3ccc4c(c3)C3(c5ccccc5-c5ccccc53)c3cc(N(c5ccc6c(c5)C(CC)(CC)c5ccccc5-6)c5ccc6c(c5)C(CC)(CC)c5ccccc5-6)ccc3-4)cc21. The van der Waals surface area contributed by atoms with Crippen LogP contribution in [0.1, 0.15) is 174 Å². The normalized spacial score (nSPS) is 15.9. The summed E-state index contributed by atoms with van der Waals surface area (Å²) in [6, 6.07) is 101. The van der Waals surface area contributed by atoms with Crippen molar-refractivity contribution in [3.63, 3.8) is 0 Å². The molecule has 0 unspecified atom stereocenters. The fourth-order valence-corrected chi connectivity index (χ4v) is 20.7. The van der Waals surface area contributed by atoms with Crippen LogP contribution in [0.2, 0.25) is 0 Å². The molecule has 12 aromatic rings. The average molecular weight is 1230 g/mol. The molecule has 1 spiro atoms. The lowest BCUT2D eigenvalue weighted by atomic mass is 9.70. The van der Waals surface area contributed by atoms with E-state index in [1.54, 1.807) is 0 Å². The largest absolute Gasteiger partial charge is 0.310 e. The monoisotopic (exact) mass is 1230 g/mol. The summed E-state index contributed by atoms with van der Waals surface area (Å²) in [4.78, 5) is 5.26. The van der Waals surface area contributed by atoms with Crippen molar-refractivity contribution in [3.8, 4) is 66.8 Å². The predicted molar refractivity (Wildman–Crippen MR) is 399 cm³/mol. The Bertz CT molecular complexity index is 4620. The van der Waals surface area contributed by atoms with Crippen molar-refractivity contribution in [2.45, 2.75) is 134 Å². The molecule has 0 saturated carbocycles. The number of fused-ring (bicyclic) bond motifs is 22. The Morgan fingerprint density at radius 1 is 0.179 bits per heavy atom. The Morgan fingerprint density at radius 3 is 0.568 bits per heavy atom. The van der Waals surface area contributed by atoms with E-state index < -0.39 is 5.41 Å². The van der Waals surface area contributed by atoms with Gasteiger partial charge >= 0.3 is 0 Å². The van der Waals surface area contributed by atoms with Crippen molar-refractivity contribution < 1.29 is 0 Å². The van der Waals surface area contributed by atoms with Gasteiger partial charge in [-0.3, -0.25) is 0 Å². The third-order valence-electron chi connectivity index (χ3n) is 25.4. The molecule has 0 fully saturated rings. The number of nitrogens with zero attached hydrogens (tertiary/aromatic N) is 2. The van der Waals surface area contributed by atoms with Gasteiger partial charge in [-0.25, -0.2) is 0 Å². The van der Waals surface area contributed by atoms with E-state index >= 15 is 0 Å². The summed E-state index contributed by atoms with van der Waals surface area (Å²) in [6.07, 6.45) is 8.22. The second-order valence-corrected chi connectivity index (χ2v) is 28.2. The van der Waals surface area contributed by atoms with E-state index in [9.17, 15) is 0 Å². The molecule has 0 aromatic heterocycles. The topological polar surface area (TPSA) is 6.48 Å². The summed E-state index contributed by atoms with van der Waals surface area (Å²) in [5, 5.41) is 0. The molecule has 18 rings (SSSR count). The molecule has 0 heterocycles. The van der Waals surface area contributed by atoms with Crippen molar-refractivity contribution in [1.82, 2.24) is 0 Å². The minimum atomic E-state index is -0.655. The molecule has 2 heteroatoms. The van der Waals surface area contributed by atoms with Crippen LogP contribution in [0.4, 0.5) is 34.1 Å². The van der Waals surface area contributed by atoms with Crippen LogP contribution in [0.3, 0.4) is 0 Å². The Labute approximate surface area is 562 Å². The molecule has 0 N–H and O–H groups in total. The van der Waals surface area contributed by atoms with Crippen LogP contribution in [0.25, 0.3) is 66.8 Å². The van der Waals surface area contributed by atoms with Gasteiger partial charge in [0.2, 0.25) is 0 Å². The van der Waals surface area contributed by atoms with Crippen molar-refractivity contribution in [3.05, 3.63) is 322 Å². The van der Waals surface area contributed by atoms with Gasteiger partial charge in [0, 0.05) is 55.8 Å². The van der Waals surface area contributed by atoms with Crippen LogP contribution in [0.15, 0.2) is 255 Å². The molecule has 0 bridgehead atoms. The summed E-state index contributed by atoms with van der Waals surface area (Å²) in [6.45, 7) is 19.2. The molecule has 0 saturated heterocycles. The number of hydrogen-bond acceptors (Lipinski definition) is 2. The summed E-state index contributed by atoms with van der Waals surface area (Å²) in [5.74, 6) is 0. The Morgan fingerprint density at radius 2 is 0.347 bits per heavy atom. The fourth-order valence-electron chi connectivity index (χ4n) is 20.7. The first-order valence-corrected chi connectivity index (χ1v) is 35.7. The lowest BCUT2D eigenvalue weighted by Crippen LogP contribution is -2.27. The van der Waals surface area contributed by atoms with E-state index in [2.05, 4.69) is 320 Å². The molecule has 0 aliphatic heterocycles. The second kappa shape index (κ2) is 21.1. The molecular formula is C93H82N2.